The molecule has 2 rings (SSSR count). The summed E-state index contributed by atoms with van der Waals surface area (Å²) in [6.07, 6.45) is -5.11. The summed E-state index contributed by atoms with van der Waals surface area (Å²) in [6, 6.07) is 3.35. The van der Waals surface area contributed by atoms with Crippen LogP contribution in [0, 0.1) is 0 Å². The van der Waals surface area contributed by atoms with Crippen molar-refractivity contribution in [2.45, 2.75) is 30.2 Å². The molecule has 1 aromatic rings. The summed E-state index contributed by atoms with van der Waals surface area (Å²) < 4.78 is 67.5. The molecule has 1 heterocycles. The monoisotopic (exact) mass is 403 g/mol. The Bertz CT molecular complexity index is 642. The maximum absolute atomic E-state index is 12.5. The zero-order chi connectivity index (χ0) is 16.5. The summed E-state index contributed by atoms with van der Waals surface area (Å²) in [7, 11) is -4.13. The molecule has 22 heavy (non-hydrogen) atoms. The van der Waals surface area contributed by atoms with Crippen LogP contribution in [0.1, 0.15) is 12.8 Å². The second-order valence-electron chi connectivity index (χ2n) is 4.77. The summed E-state index contributed by atoms with van der Waals surface area (Å²) in [5.74, 6) is -0.784. The zero-order valence-corrected chi connectivity index (χ0v) is 13.6. The van der Waals surface area contributed by atoms with Gasteiger partial charge in [0, 0.05) is 17.6 Å². The van der Waals surface area contributed by atoms with Crippen LogP contribution in [0.4, 0.5) is 13.2 Å². The summed E-state index contributed by atoms with van der Waals surface area (Å²) >= 11 is 2.99. The molecule has 5 nitrogen and oxygen atoms in total. The smallest absolute Gasteiger partial charge is 0.404 e. The SMILES string of the molecule is O=S(=O)(c1ccc(Br)cc1OC(F)(F)F)N1CCC(O)CC1. The third-order valence-corrected chi connectivity index (χ3v) is 5.60. The van der Waals surface area contributed by atoms with Crippen LogP contribution < -0.4 is 4.74 Å². The van der Waals surface area contributed by atoms with Crippen molar-refractivity contribution in [1.82, 2.24) is 4.31 Å². The number of piperidine rings is 1. The number of rotatable bonds is 3. The predicted molar refractivity (Wildman–Crippen MR) is 74.8 cm³/mol. The zero-order valence-electron chi connectivity index (χ0n) is 11.2. The number of alkyl halides is 3. The van der Waals surface area contributed by atoms with Gasteiger partial charge in [0.05, 0.1) is 6.10 Å². The number of nitrogens with zero attached hydrogens (tertiary/aromatic N) is 1. The molecule has 1 aromatic carbocycles. The lowest BCUT2D eigenvalue weighted by Crippen LogP contribution is -2.40. The number of aliphatic hydroxyl groups excluding tert-OH is 1. The summed E-state index contributed by atoms with van der Waals surface area (Å²) in [4.78, 5) is -0.551. The quantitative estimate of drug-likeness (QED) is 0.841. The Morgan fingerprint density at radius 1 is 1.27 bits per heavy atom. The molecule has 0 aromatic heterocycles. The van der Waals surface area contributed by atoms with E-state index in [2.05, 4.69) is 20.7 Å². The van der Waals surface area contributed by atoms with Crippen molar-refractivity contribution in [2.75, 3.05) is 13.1 Å². The molecule has 1 aliphatic rings. The number of ether oxygens (including phenoxy) is 1. The summed E-state index contributed by atoms with van der Waals surface area (Å²) in [5.41, 5.74) is 0. The van der Waals surface area contributed by atoms with Gasteiger partial charge in [-0.05, 0) is 31.0 Å². The molecule has 0 bridgehead atoms. The van der Waals surface area contributed by atoms with Crippen molar-refractivity contribution < 1.29 is 31.4 Å². The van der Waals surface area contributed by atoms with Crippen LogP contribution in [0.5, 0.6) is 5.75 Å². The molecule has 0 saturated carbocycles. The van der Waals surface area contributed by atoms with Gasteiger partial charge in [-0.15, -0.1) is 13.2 Å². The first kappa shape index (κ1) is 17.5. The number of benzene rings is 1. The highest BCUT2D eigenvalue weighted by atomic mass is 79.9. The van der Waals surface area contributed by atoms with Crippen molar-refractivity contribution in [3.63, 3.8) is 0 Å². The molecule has 0 radical (unpaired) electrons. The lowest BCUT2D eigenvalue weighted by Gasteiger charge is -2.29. The van der Waals surface area contributed by atoms with Crippen molar-refractivity contribution in [2.24, 2.45) is 0 Å². The number of hydrogen-bond acceptors (Lipinski definition) is 4. The molecule has 1 fully saturated rings. The lowest BCUT2D eigenvalue weighted by atomic mass is 10.1. The first-order chi connectivity index (χ1) is 10.1. The molecule has 0 atom stereocenters. The number of aliphatic hydroxyl groups is 1. The van der Waals surface area contributed by atoms with E-state index in [9.17, 15) is 26.7 Å². The maximum Gasteiger partial charge on any atom is 0.573 e. The van der Waals surface area contributed by atoms with E-state index in [0.717, 1.165) is 16.4 Å². The van der Waals surface area contributed by atoms with E-state index in [1.54, 1.807) is 0 Å². The van der Waals surface area contributed by atoms with E-state index in [-0.39, 0.29) is 30.4 Å². The molecule has 1 aliphatic heterocycles. The lowest BCUT2D eigenvalue weighted by molar-refractivity contribution is -0.275. The van der Waals surface area contributed by atoms with Crippen molar-refractivity contribution >= 4 is 26.0 Å². The van der Waals surface area contributed by atoms with Crippen molar-refractivity contribution in [3.05, 3.63) is 22.7 Å². The summed E-state index contributed by atoms with van der Waals surface area (Å²) in [5, 5.41) is 9.41. The Morgan fingerprint density at radius 2 is 1.86 bits per heavy atom. The Kier molecular flexibility index (Phi) is 5.05. The Balaban J connectivity index is 2.38. The molecule has 10 heteroatoms. The highest BCUT2D eigenvalue weighted by molar-refractivity contribution is 9.10. The number of sulfonamides is 1. The molecule has 0 amide bonds. The molecule has 1 saturated heterocycles. The van der Waals surface area contributed by atoms with E-state index < -0.39 is 33.1 Å². The van der Waals surface area contributed by atoms with Crippen LogP contribution in [0.2, 0.25) is 0 Å². The van der Waals surface area contributed by atoms with Gasteiger partial charge in [-0.25, -0.2) is 8.42 Å². The van der Waals surface area contributed by atoms with Crippen LogP contribution in [0.15, 0.2) is 27.6 Å². The van der Waals surface area contributed by atoms with Gasteiger partial charge in [-0.1, -0.05) is 15.9 Å². The maximum atomic E-state index is 12.5. The number of halogens is 4. The third-order valence-electron chi connectivity index (χ3n) is 3.17. The van der Waals surface area contributed by atoms with E-state index >= 15 is 0 Å². The van der Waals surface area contributed by atoms with Gasteiger partial charge in [-0.2, -0.15) is 4.31 Å². The van der Waals surface area contributed by atoms with Gasteiger partial charge in [0.2, 0.25) is 10.0 Å². The molecular weight excluding hydrogens is 391 g/mol. The van der Waals surface area contributed by atoms with Crippen molar-refractivity contribution in [1.29, 1.82) is 0 Å². The fourth-order valence-electron chi connectivity index (χ4n) is 2.12. The van der Waals surface area contributed by atoms with Gasteiger partial charge in [0.15, 0.2) is 5.75 Å². The van der Waals surface area contributed by atoms with E-state index in [4.69, 9.17) is 0 Å². The average Bonchev–Trinajstić information content (AvgIpc) is 2.37. The van der Waals surface area contributed by atoms with Crippen LogP contribution in [-0.2, 0) is 10.0 Å². The number of hydrogen-bond donors (Lipinski definition) is 1. The highest BCUT2D eigenvalue weighted by Gasteiger charge is 2.36. The standard InChI is InChI=1S/C12H13BrF3NO4S/c13-8-1-2-11(10(7-8)21-12(14,15)16)22(19,20)17-5-3-9(18)4-6-17/h1-2,7,9,18H,3-6H2. The Morgan fingerprint density at radius 3 is 2.41 bits per heavy atom. The average molecular weight is 404 g/mol. The fraction of sp³-hybridized carbons (Fsp3) is 0.500. The topological polar surface area (TPSA) is 66.8 Å². The predicted octanol–water partition coefficient (Wildman–Crippen LogP) is 2.49. The van der Waals surface area contributed by atoms with E-state index in [1.165, 1.54) is 6.07 Å². The highest BCUT2D eigenvalue weighted by Crippen LogP contribution is 2.34. The summed E-state index contributed by atoms with van der Waals surface area (Å²) in [6.45, 7) is 0.0933. The van der Waals surface area contributed by atoms with Crippen molar-refractivity contribution in [3.8, 4) is 5.75 Å². The van der Waals surface area contributed by atoms with Gasteiger partial charge >= 0.3 is 6.36 Å². The minimum absolute atomic E-state index is 0.0466. The van der Waals surface area contributed by atoms with Gasteiger partial charge < -0.3 is 9.84 Å². The van der Waals surface area contributed by atoms with Crippen LogP contribution >= 0.6 is 15.9 Å². The second-order valence-corrected chi connectivity index (χ2v) is 7.60. The first-order valence-electron chi connectivity index (χ1n) is 6.33. The Labute approximate surface area is 133 Å². The normalized spacial score (nSPS) is 18.4. The molecule has 1 N–H and O–H groups in total. The minimum Gasteiger partial charge on any atom is -0.404 e. The fourth-order valence-corrected chi connectivity index (χ4v) is 4.03. The molecular formula is C12H13BrF3NO4S. The van der Waals surface area contributed by atoms with Gasteiger partial charge in [-0.3, -0.25) is 0 Å². The van der Waals surface area contributed by atoms with Gasteiger partial charge in [0.25, 0.3) is 0 Å². The largest absolute Gasteiger partial charge is 0.573 e. The minimum atomic E-state index is -5.00. The van der Waals surface area contributed by atoms with Gasteiger partial charge in [0.1, 0.15) is 4.90 Å². The first-order valence-corrected chi connectivity index (χ1v) is 8.56. The molecule has 0 unspecified atom stereocenters. The van der Waals surface area contributed by atoms with Crippen LogP contribution in [-0.4, -0.2) is 43.4 Å². The second kappa shape index (κ2) is 6.34. The van der Waals surface area contributed by atoms with E-state index in [0.29, 0.717) is 0 Å². The van der Waals surface area contributed by atoms with Crippen LogP contribution in [0.25, 0.3) is 0 Å². The Hall–Kier alpha value is -0.840. The van der Waals surface area contributed by atoms with Crippen LogP contribution in [0.3, 0.4) is 0 Å². The molecule has 124 valence electrons. The molecule has 0 spiro atoms. The third kappa shape index (κ3) is 4.12. The van der Waals surface area contributed by atoms with E-state index in [1.807, 2.05) is 0 Å². The molecule has 0 aliphatic carbocycles.